The van der Waals surface area contributed by atoms with Crippen LogP contribution in [0.5, 0.6) is 0 Å². The van der Waals surface area contributed by atoms with Gasteiger partial charge in [0.2, 0.25) is 0 Å². The van der Waals surface area contributed by atoms with Gasteiger partial charge >= 0.3 is 5.97 Å². The number of hydrogen-bond acceptors (Lipinski definition) is 4. The van der Waals surface area contributed by atoms with Crippen LogP contribution in [0.3, 0.4) is 0 Å². The number of carbonyl (C=O) groups is 1. The van der Waals surface area contributed by atoms with Gasteiger partial charge in [0.15, 0.2) is 0 Å². The molecule has 4 nitrogen and oxygen atoms in total. The van der Waals surface area contributed by atoms with E-state index in [4.69, 9.17) is 4.74 Å². The van der Waals surface area contributed by atoms with Crippen LogP contribution in [-0.4, -0.2) is 48.7 Å². The molecule has 0 fully saturated rings. The van der Waals surface area contributed by atoms with Gasteiger partial charge in [0, 0.05) is 6.04 Å². The maximum absolute atomic E-state index is 12.1. The fourth-order valence-corrected chi connectivity index (χ4v) is 2.49. The molecule has 0 aromatic rings. The standard InChI is InChI=1S/C16H34N2O2/c1-7-12-18(14(4)5)13-10-11-16(6,17-8-2)15(19)20-9-3/h14,17H,7-13H2,1-6H3. The van der Waals surface area contributed by atoms with Gasteiger partial charge in [-0.1, -0.05) is 13.8 Å². The number of nitrogens with one attached hydrogen (secondary N) is 1. The van der Waals surface area contributed by atoms with Crippen molar-refractivity contribution in [2.75, 3.05) is 26.2 Å². The highest BCUT2D eigenvalue weighted by atomic mass is 16.5. The number of ether oxygens (including phenoxy) is 1. The van der Waals surface area contributed by atoms with E-state index in [9.17, 15) is 4.79 Å². The predicted molar refractivity (Wildman–Crippen MR) is 84.9 cm³/mol. The second-order valence-electron chi connectivity index (χ2n) is 5.82. The fourth-order valence-electron chi connectivity index (χ4n) is 2.49. The zero-order chi connectivity index (χ0) is 15.6. The molecule has 1 N–H and O–H groups in total. The topological polar surface area (TPSA) is 41.6 Å². The highest BCUT2D eigenvalue weighted by Crippen LogP contribution is 2.16. The van der Waals surface area contributed by atoms with Gasteiger partial charge in [-0.25, -0.2) is 0 Å². The highest BCUT2D eigenvalue weighted by molar-refractivity contribution is 5.80. The summed E-state index contributed by atoms with van der Waals surface area (Å²) in [6, 6.07) is 0.558. The molecule has 0 aliphatic heterocycles. The third-order valence-electron chi connectivity index (χ3n) is 3.66. The van der Waals surface area contributed by atoms with Crippen LogP contribution in [0.4, 0.5) is 0 Å². The molecule has 1 unspecified atom stereocenters. The molecule has 0 aromatic heterocycles. The molecular weight excluding hydrogens is 252 g/mol. The Bertz CT molecular complexity index is 269. The average Bonchev–Trinajstić information content (AvgIpc) is 2.38. The summed E-state index contributed by atoms with van der Waals surface area (Å²) in [5.41, 5.74) is -0.556. The Labute approximate surface area is 125 Å². The lowest BCUT2D eigenvalue weighted by atomic mass is 9.95. The van der Waals surface area contributed by atoms with Gasteiger partial charge in [0.25, 0.3) is 0 Å². The van der Waals surface area contributed by atoms with E-state index in [1.54, 1.807) is 0 Å². The van der Waals surface area contributed by atoms with Crippen molar-refractivity contribution in [2.24, 2.45) is 0 Å². The first-order chi connectivity index (χ1) is 9.41. The molecule has 0 radical (unpaired) electrons. The number of esters is 1. The average molecular weight is 286 g/mol. The highest BCUT2D eigenvalue weighted by Gasteiger charge is 2.33. The largest absolute Gasteiger partial charge is 0.465 e. The second kappa shape index (κ2) is 10.2. The number of rotatable bonds is 11. The van der Waals surface area contributed by atoms with Crippen molar-refractivity contribution < 1.29 is 9.53 Å². The molecule has 0 aliphatic carbocycles. The van der Waals surface area contributed by atoms with Crippen molar-refractivity contribution >= 4 is 5.97 Å². The smallest absolute Gasteiger partial charge is 0.326 e. The summed E-state index contributed by atoms with van der Waals surface area (Å²) in [5.74, 6) is -0.131. The van der Waals surface area contributed by atoms with Gasteiger partial charge in [-0.3, -0.25) is 4.79 Å². The molecule has 0 aromatic carbocycles. The molecule has 120 valence electrons. The van der Waals surface area contributed by atoms with E-state index in [2.05, 4.69) is 31.0 Å². The van der Waals surface area contributed by atoms with Crippen LogP contribution in [0.25, 0.3) is 0 Å². The molecule has 0 bridgehead atoms. The van der Waals surface area contributed by atoms with Crippen LogP contribution in [-0.2, 0) is 9.53 Å². The molecule has 20 heavy (non-hydrogen) atoms. The normalized spacial score (nSPS) is 14.6. The van der Waals surface area contributed by atoms with Crippen molar-refractivity contribution in [1.82, 2.24) is 10.2 Å². The van der Waals surface area contributed by atoms with Gasteiger partial charge in [-0.2, -0.15) is 0 Å². The quantitative estimate of drug-likeness (QED) is 0.593. The van der Waals surface area contributed by atoms with Crippen LogP contribution in [0.15, 0.2) is 0 Å². The summed E-state index contributed by atoms with van der Waals surface area (Å²) < 4.78 is 5.20. The Kier molecular flexibility index (Phi) is 9.86. The van der Waals surface area contributed by atoms with E-state index in [-0.39, 0.29) is 5.97 Å². The minimum absolute atomic E-state index is 0.131. The van der Waals surface area contributed by atoms with Gasteiger partial charge in [0.05, 0.1) is 6.61 Å². The summed E-state index contributed by atoms with van der Waals surface area (Å²) in [6.45, 7) is 15.9. The second-order valence-corrected chi connectivity index (χ2v) is 5.82. The van der Waals surface area contributed by atoms with Crippen LogP contribution < -0.4 is 5.32 Å². The van der Waals surface area contributed by atoms with E-state index < -0.39 is 5.54 Å². The molecule has 4 heteroatoms. The summed E-state index contributed by atoms with van der Waals surface area (Å²) >= 11 is 0. The SMILES string of the molecule is CCCN(CCCC(C)(NCC)C(=O)OCC)C(C)C. The predicted octanol–water partition coefficient (Wildman–Crippen LogP) is 2.82. The summed E-state index contributed by atoms with van der Waals surface area (Å²) in [4.78, 5) is 14.6. The molecule has 1 atom stereocenters. The maximum atomic E-state index is 12.1. The van der Waals surface area contributed by atoms with Crippen LogP contribution in [0.2, 0.25) is 0 Å². The first-order valence-electron chi connectivity index (χ1n) is 8.07. The van der Waals surface area contributed by atoms with E-state index in [1.165, 1.54) is 6.42 Å². The molecular formula is C16H34N2O2. The van der Waals surface area contributed by atoms with E-state index in [0.29, 0.717) is 12.6 Å². The molecule has 0 rings (SSSR count). The van der Waals surface area contributed by atoms with Crippen molar-refractivity contribution in [3.8, 4) is 0 Å². The van der Waals surface area contributed by atoms with E-state index in [1.807, 2.05) is 20.8 Å². The third kappa shape index (κ3) is 6.71. The zero-order valence-electron chi connectivity index (χ0n) is 14.3. The maximum Gasteiger partial charge on any atom is 0.326 e. The minimum Gasteiger partial charge on any atom is -0.465 e. The van der Waals surface area contributed by atoms with Crippen molar-refractivity contribution in [3.05, 3.63) is 0 Å². The zero-order valence-corrected chi connectivity index (χ0v) is 14.3. The number of hydrogen-bond donors (Lipinski definition) is 1. The number of nitrogens with zero attached hydrogens (tertiary/aromatic N) is 1. The minimum atomic E-state index is -0.556. The Hall–Kier alpha value is -0.610. The summed E-state index contributed by atoms with van der Waals surface area (Å²) in [7, 11) is 0. The van der Waals surface area contributed by atoms with E-state index in [0.717, 1.165) is 32.5 Å². The lowest BCUT2D eigenvalue weighted by Crippen LogP contribution is -2.50. The Morgan fingerprint density at radius 3 is 2.35 bits per heavy atom. The monoisotopic (exact) mass is 286 g/mol. The third-order valence-corrected chi connectivity index (χ3v) is 3.66. The molecule has 0 heterocycles. The van der Waals surface area contributed by atoms with Gasteiger partial charge < -0.3 is 15.0 Å². The molecule has 0 aliphatic rings. The summed E-state index contributed by atoms with van der Waals surface area (Å²) in [5, 5.41) is 3.29. The van der Waals surface area contributed by atoms with E-state index >= 15 is 0 Å². The first kappa shape index (κ1) is 19.4. The number of carbonyl (C=O) groups excluding carboxylic acids is 1. The molecule has 0 saturated carbocycles. The van der Waals surface area contributed by atoms with Crippen molar-refractivity contribution in [2.45, 2.75) is 72.4 Å². The number of likely N-dealkylation sites (N-methyl/N-ethyl adjacent to an activating group) is 1. The van der Waals surface area contributed by atoms with Gasteiger partial charge in [-0.05, 0) is 66.6 Å². The molecule has 0 saturated heterocycles. The van der Waals surface area contributed by atoms with Crippen LogP contribution in [0.1, 0.15) is 60.8 Å². The van der Waals surface area contributed by atoms with Crippen LogP contribution >= 0.6 is 0 Å². The molecule has 0 spiro atoms. The lowest BCUT2D eigenvalue weighted by Gasteiger charge is -2.31. The molecule has 0 amide bonds. The van der Waals surface area contributed by atoms with Gasteiger partial charge in [-0.15, -0.1) is 0 Å². The lowest BCUT2D eigenvalue weighted by molar-refractivity contribution is -0.150. The van der Waals surface area contributed by atoms with Crippen molar-refractivity contribution in [1.29, 1.82) is 0 Å². The fraction of sp³-hybridized carbons (Fsp3) is 0.938. The first-order valence-corrected chi connectivity index (χ1v) is 8.07. The van der Waals surface area contributed by atoms with Gasteiger partial charge in [0.1, 0.15) is 5.54 Å². The Balaban J connectivity index is 4.42. The van der Waals surface area contributed by atoms with Crippen LogP contribution in [0, 0.1) is 0 Å². The Morgan fingerprint density at radius 1 is 1.25 bits per heavy atom. The summed E-state index contributed by atoms with van der Waals surface area (Å²) in [6.07, 6.45) is 2.98. The van der Waals surface area contributed by atoms with Crippen molar-refractivity contribution in [3.63, 3.8) is 0 Å². The Morgan fingerprint density at radius 2 is 1.90 bits per heavy atom.